The maximum absolute atomic E-state index is 12.6. The van der Waals surface area contributed by atoms with Crippen LogP contribution in [0.3, 0.4) is 0 Å². The summed E-state index contributed by atoms with van der Waals surface area (Å²) in [6.07, 6.45) is 1.09. The number of hydrogen-bond acceptors (Lipinski definition) is 7. The Morgan fingerprint density at radius 2 is 2.10 bits per heavy atom. The van der Waals surface area contributed by atoms with Crippen LogP contribution in [0, 0.1) is 5.92 Å². The number of amides is 2. The molecule has 2 bridgehead atoms. The molecule has 1 saturated heterocycles. The van der Waals surface area contributed by atoms with Gasteiger partial charge in [0, 0.05) is 50.8 Å². The molecular weight excluding hydrogens is 408 g/mol. The van der Waals surface area contributed by atoms with Crippen LogP contribution in [-0.4, -0.2) is 84.0 Å². The fourth-order valence-corrected chi connectivity index (χ4v) is 4.30. The molecule has 11 heteroatoms. The first kappa shape index (κ1) is 24.5. The van der Waals surface area contributed by atoms with Gasteiger partial charge in [-0.05, 0) is 18.4 Å². The first-order chi connectivity index (χ1) is 14.9. The number of piperidine rings is 1. The lowest BCUT2D eigenvalue weighted by molar-refractivity contribution is -0.136. The molecule has 5 N–H and O–H groups in total. The number of pyridine rings is 1. The number of nitrogens with zero attached hydrogens (tertiary/aromatic N) is 2. The van der Waals surface area contributed by atoms with Gasteiger partial charge in [0.15, 0.2) is 0 Å². The van der Waals surface area contributed by atoms with Gasteiger partial charge in [0.05, 0.1) is 19.3 Å². The molecule has 4 atom stereocenters. The number of ether oxygens (including phenoxy) is 1. The zero-order chi connectivity index (χ0) is 23.0. The van der Waals surface area contributed by atoms with Crippen molar-refractivity contribution in [2.75, 3.05) is 40.0 Å². The summed E-state index contributed by atoms with van der Waals surface area (Å²) in [7, 11) is 1.54. The Kier molecular flexibility index (Phi) is 9.16. The third-order valence-corrected chi connectivity index (χ3v) is 5.67. The average Bonchev–Trinajstić information content (AvgIpc) is 2.77. The zero-order valence-electron chi connectivity index (χ0n) is 17.5. The van der Waals surface area contributed by atoms with Crippen LogP contribution in [0.25, 0.3) is 0 Å². The van der Waals surface area contributed by atoms with Crippen LogP contribution in [0.4, 0.5) is 0 Å². The predicted molar refractivity (Wildman–Crippen MR) is 110 cm³/mol. The molecule has 3 heterocycles. The van der Waals surface area contributed by atoms with Gasteiger partial charge in [0.25, 0.3) is 12.0 Å². The van der Waals surface area contributed by atoms with E-state index in [1.165, 1.54) is 13.2 Å². The molecule has 31 heavy (non-hydrogen) atoms. The van der Waals surface area contributed by atoms with Crippen LogP contribution in [0.1, 0.15) is 30.5 Å². The number of nitrogens with one attached hydrogen (secondary N) is 1. The fourth-order valence-electron chi connectivity index (χ4n) is 4.30. The molecule has 0 saturated carbocycles. The van der Waals surface area contributed by atoms with Gasteiger partial charge in [-0.15, -0.1) is 0 Å². The molecule has 11 nitrogen and oxygen atoms in total. The van der Waals surface area contributed by atoms with Crippen LogP contribution >= 0.6 is 0 Å². The summed E-state index contributed by atoms with van der Waals surface area (Å²) in [6, 6.07) is 3.97. The summed E-state index contributed by atoms with van der Waals surface area (Å²) in [4.78, 5) is 47.2. The lowest BCUT2D eigenvalue weighted by Gasteiger charge is -2.47. The SMILES string of the molecule is COCCC(=O)NC[C@H]1[C@H]2C[C@H](CN(C(=O)[C@@H](N)CO)C2)c2cccc(=O)n21.O=CO. The second-order valence-corrected chi connectivity index (χ2v) is 7.60. The first-order valence-corrected chi connectivity index (χ1v) is 10.1. The second kappa shape index (κ2) is 11.6. The van der Waals surface area contributed by atoms with Crippen LogP contribution < -0.4 is 16.6 Å². The lowest BCUT2D eigenvalue weighted by atomic mass is 9.78. The number of likely N-dealkylation sites (tertiary alicyclic amines) is 1. The molecule has 0 unspecified atom stereocenters. The number of carbonyl (C=O) groups excluding carboxylic acids is 2. The molecule has 0 spiro atoms. The molecular formula is C20H30N4O7. The van der Waals surface area contributed by atoms with Gasteiger partial charge in [-0.3, -0.25) is 19.2 Å². The number of rotatable bonds is 7. The highest BCUT2D eigenvalue weighted by molar-refractivity contribution is 5.82. The van der Waals surface area contributed by atoms with E-state index >= 15 is 0 Å². The summed E-state index contributed by atoms with van der Waals surface area (Å²) < 4.78 is 6.69. The van der Waals surface area contributed by atoms with E-state index < -0.39 is 12.6 Å². The minimum atomic E-state index is -0.941. The van der Waals surface area contributed by atoms with Gasteiger partial charge in [-0.25, -0.2) is 0 Å². The standard InChI is InChI=1S/C19H28N4O5.CH2O2/c1-28-6-5-17(25)21-8-16-13-7-12(15-3-2-4-18(26)23(15)16)9-22(10-13)19(27)14(20)11-24;2-1-3/h2-4,12-14,16,24H,5-11,20H2,1H3,(H,21,25);1H,(H,2,3)/t12-,13+,14+,16+;/m1./s1. The lowest BCUT2D eigenvalue weighted by Crippen LogP contribution is -2.56. The number of aliphatic hydroxyl groups is 1. The summed E-state index contributed by atoms with van der Waals surface area (Å²) >= 11 is 0. The first-order valence-electron chi connectivity index (χ1n) is 10.1. The highest BCUT2D eigenvalue weighted by Gasteiger charge is 2.42. The largest absolute Gasteiger partial charge is 0.483 e. The van der Waals surface area contributed by atoms with Gasteiger partial charge < -0.3 is 35.5 Å². The highest BCUT2D eigenvalue weighted by atomic mass is 16.5. The van der Waals surface area contributed by atoms with Gasteiger partial charge in [0.2, 0.25) is 11.8 Å². The van der Waals surface area contributed by atoms with Crippen molar-refractivity contribution >= 4 is 18.3 Å². The Morgan fingerprint density at radius 3 is 2.74 bits per heavy atom. The molecule has 1 fully saturated rings. The van der Waals surface area contributed by atoms with Crippen molar-refractivity contribution in [1.29, 1.82) is 0 Å². The van der Waals surface area contributed by atoms with Gasteiger partial charge in [0.1, 0.15) is 6.04 Å². The smallest absolute Gasteiger partial charge is 0.290 e. The summed E-state index contributed by atoms with van der Waals surface area (Å²) in [6.45, 7) is 0.909. The van der Waals surface area contributed by atoms with E-state index in [1.54, 1.807) is 15.5 Å². The van der Waals surface area contributed by atoms with E-state index in [2.05, 4.69) is 5.32 Å². The Bertz CT molecular complexity index is 828. The monoisotopic (exact) mass is 438 g/mol. The molecule has 2 aliphatic rings. The van der Waals surface area contributed by atoms with Crippen LogP contribution in [0.5, 0.6) is 0 Å². The Morgan fingerprint density at radius 1 is 1.39 bits per heavy atom. The highest BCUT2D eigenvalue weighted by Crippen LogP contribution is 2.40. The van der Waals surface area contributed by atoms with Crippen molar-refractivity contribution in [2.45, 2.75) is 30.8 Å². The van der Waals surface area contributed by atoms with Gasteiger partial charge in [-0.2, -0.15) is 0 Å². The topological polar surface area (TPSA) is 164 Å². The molecule has 0 radical (unpaired) electrons. The van der Waals surface area contributed by atoms with Crippen molar-refractivity contribution in [3.05, 3.63) is 34.2 Å². The number of aromatic nitrogens is 1. The Hall–Kier alpha value is -2.76. The number of carboxylic acid groups (broad SMARTS) is 1. The molecule has 0 aliphatic carbocycles. The number of aliphatic hydroxyl groups excluding tert-OH is 1. The minimum Gasteiger partial charge on any atom is -0.483 e. The Labute approximate surface area is 179 Å². The Balaban J connectivity index is 0.00000107. The summed E-state index contributed by atoms with van der Waals surface area (Å²) in [5.74, 6) is -0.376. The zero-order valence-corrected chi connectivity index (χ0v) is 17.5. The van der Waals surface area contributed by atoms with Crippen molar-refractivity contribution in [3.63, 3.8) is 0 Å². The molecule has 172 valence electrons. The number of fused-ring (bicyclic) bond motifs is 4. The van der Waals surface area contributed by atoms with Gasteiger partial charge >= 0.3 is 0 Å². The third kappa shape index (κ3) is 5.90. The summed E-state index contributed by atoms with van der Waals surface area (Å²) in [5.41, 5.74) is 6.50. The maximum Gasteiger partial charge on any atom is 0.290 e. The number of methoxy groups -OCH3 is 1. The number of hydrogen-bond donors (Lipinski definition) is 4. The van der Waals surface area contributed by atoms with E-state index in [-0.39, 0.29) is 48.1 Å². The van der Waals surface area contributed by atoms with Crippen molar-refractivity contribution in [2.24, 2.45) is 11.7 Å². The van der Waals surface area contributed by atoms with E-state index in [9.17, 15) is 19.5 Å². The maximum atomic E-state index is 12.6. The van der Waals surface area contributed by atoms with Crippen molar-refractivity contribution in [3.8, 4) is 0 Å². The third-order valence-electron chi connectivity index (χ3n) is 5.67. The van der Waals surface area contributed by atoms with E-state index in [4.69, 9.17) is 20.4 Å². The van der Waals surface area contributed by atoms with Crippen molar-refractivity contribution in [1.82, 2.24) is 14.8 Å². The fraction of sp³-hybridized carbons (Fsp3) is 0.600. The molecule has 2 aliphatic heterocycles. The van der Waals surface area contributed by atoms with Crippen LogP contribution in [0.15, 0.2) is 23.0 Å². The molecule has 0 aromatic carbocycles. The number of nitrogens with two attached hydrogens (primary N) is 1. The predicted octanol–water partition coefficient (Wildman–Crippen LogP) is -1.49. The normalized spacial score (nSPS) is 22.4. The second-order valence-electron chi connectivity index (χ2n) is 7.60. The molecule has 1 aromatic heterocycles. The minimum absolute atomic E-state index is 0.0175. The average molecular weight is 438 g/mol. The summed E-state index contributed by atoms with van der Waals surface area (Å²) in [5, 5.41) is 19.0. The van der Waals surface area contributed by atoms with Crippen LogP contribution in [0.2, 0.25) is 0 Å². The quantitative estimate of drug-likeness (QED) is 0.374. The number of carbonyl (C=O) groups is 3. The van der Waals surface area contributed by atoms with E-state index in [1.807, 2.05) is 6.07 Å². The molecule has 3 rings (SSSR count). The van der Waals surface area contributed by atoms with Gasteiger partial charge in [-0.1, -0.05) is 6.07 Å². The molecule has 2 amide bonds. The van der Waals surface area contributed by atoms with E-state index in [0.717, 1.165) is 12.1 Å². The molecule has 1 aromatic rings. The van der Waals surface area contributed by atoms with Crippen molar-refractivity contribution < 1.29 is 29.3 Å². The van der Waals surface area contributed by atoms with E-state index in [0.29, 0.717) is 26.2 Å². The van der Waals surface area contributed by atoms with Crippen LogP contribution in [-0.2, 0) is 19.1 Å².